The lowest BCUT2D eigenvalue weighted by Gasteiger charge is -2.00. The molecule has 3 heteroatoms. The van der Waals surface area contributed by atoms with E-state index in [1.807, 2.05) is 19.1 Å². The minimum absolute atomic E-state index is 0.694. The molecular weight excluding hydrogens is 270 g/mol. The Morgan fingerprint density at radius 2 is 2.00 bits per heavy atom. The van der Waals surface area contributed by atoms with Gasteiger partial charge in [-0.3, -0.25) is 0 Å². The van der Waals surface area contributed by atoms with Crippen LogP contribution in [-0.4, -0.2) is 0 Å². The normalized spacial score (nSPS) is 9.27. The van der Waals surface area contributed by atoms with Gasteiger partial charge >= 0.3 is 0 Å². The average Bonchev–Trinajstić information content (AvgIpc) is 1.99. The van der Waals surface area contributed by atoms with Crippen molar-refractivity contribution in [2.75, 3.05) is 0 Å². The summed E-state index contributed by atoms with van der Waals surface area (Å²) in [6, 6.07) is 5.95. The molecule has 56 valence electrons. The maximum absolute atomic E-state index is 8.72. The molecule has 1 rings (SSSR count). The lowest BCUT2D eigenvalue weighted by Crippen LogP contribution is -1.84. The van der Waals surface area contributed by atoms with E-state index in [0.29, 0.717) is 5.56 Å². The Kier molecular flexibility index (Phi) is 2.69. The van der Waals surface area contributed by atoms with Gasteiger partial charge in [0, 0.05) is 8.95 Å². The second-order valence-corrected chi connectivity index (χ2v) is 3.81. The molecule has 0 fully saturated rings. The number of nitrogens with zero attached hydrogens (tertiary/aromatic N) is 1. The van der Waals surface area contributed by atoms with E-state index < -0.39 is 0 Å². The quantitative estimate of drug-likeness (QED) is 0.711. The highest BCUT2D eigenvalue weighted by Gasteiger charge is 2.05. The fourth-order valence-electron chi connectivity index (χ4n) is 0.784. The number of hydrogen-bond donors (Lipinski definition) is 0. The van der Waals surface area contributed by atoms with Crippen LogP contribution in [0.1, 0.15) is 11.1 Å². The Bertz CT molecular complexity index is 326. The highest BCUT2D eigenvalue weighted by atomic mass is 79.9. The molecule has 0 N–H and O–H groups in total. The van der Waals surface area contributed by atoms with Crippen LogP contribution in [0.4, 0.5) is 0 Å². The van der Waals surface area contributed by atoms with Crippen molar-refractivity contribution in [1.29, 1.82) is 5.26 Å². The first-order valence-corrected chi connectivity index (χ1v) is 4.60. The van der Waals surface area contributed by atoms with Gasteiger partial charge in [-0.05, 0) is 50.4 Å². The number of rotatable bonds is 0. The maximum Gasteiger partial charge on any atom is 0.101 e. The van der Waals surface area contributed by atoms with Crippen molar-refractivity contribution < 1.29 is 0 Å². The van der Waals surface area contributed by atoms with Gasteiger partial charge in [-0.15, -0.1) is 0 Å². The van der Waals surface area contributed by atoms with Gasteiger partial charge in [0.2, 0.25) is 0 Å². The van der Waals surface area contributed by atoms with Crippen LogP contribution in [-0.2, 0) is 0 Å². The molecule has 0 aliphatic rings. The number of benzene rings is 1. The van der Waals surface area contributed by atoms with E-state index >= 15 is 0 Å². The molecule has 1 nitrogen and oxygen atoms in total. The third kappa shape index (κ3) is 1.63. The summed E-state index contributed by atoms with van der Waals surface area (Å²) in [5, 5.41) is 8.72. The van der Waals surface area contributed by atoms with Gasteiger partial charge < -0.3 is 0 Å². The van der Waals surface area contributed by atoms with Crippen molar-refractivity contribution in [3.05, 3.63) is 32.2 Å². The van der Waals surface area contributed by atoms with Crippen LogP contribution in [0.5, 0.6) is 0 Å². The topological polar surface area (TPSA) is 23.8 Å². The molecule has 0 heterocycles. The maximum atomic E-state index is 8.72. The molecule has 1 aromatic rings. The van der Waals surface area contributed by atoms with Crippen molar-refractivity contribution in [2.24, 2.45) is 0 Å². The van der Waals surface area contributed by atoms with Gasteiger partial charge in [-0.1, -0.05) is 6.07 Å². The fraction of sp³-hybridized carbons (Fsp3) is 0.125. The van der Waals surface area contributed by atoms with E-state index in [1.165, 1.54) is 0 Å². The number of hydrogen-bond acceptors (Lipinski definition) is 1. The zero-order valence-corrected chi connectivity index (χ0v) is 9.03. The van der Waals surface area contributed by atoms with Crippen molar-refractivity contribution in [3.63, 3.8) is 0 Å². The molecule has 0 unspecified atom stereocenters. The van der Waals surface area contributed by atoms with Gasteiger partial charge in [-0.2, -0.15) is 5.26 Å². The Labute approximate surface area is 82.3 Å². The van der Waals surface area contributed by atoms with E-state index in [9.17, 15) is 0 Å². The first-order chi connectivity index (χ1) is 5.16. The van der Waals surface area contributed by atoms with Crippen LogP contribution in [0.25, 0.3) is 0 Å². The number of aryl methyl sites for hydroxylation is 1. The predicted molar refractivity (Wildman–Crippen MR) is 51.3 cm³/mol. The summed E-state index contributed by atoms with van der Waals surface area (Å²) in [6.07, 6.45) is 0. The Balaban J connectivity index is 3.44. The monoisotopic (exact) mass is 273 g/mol. The Morgan fingerprint density at radius 1 is 1.36 bits per heavy atom. The van der Waals surface area contributed by atoms with Crippen molar-refractivity contribution in [2.45, 2.75) is 6.92 Å². The predicted octanol–water partition coefficient (Wildman–Crippen LogP) is 3.39. The molecule has 1 aromatic carbocycles. The van der Waals surface area contributed by atoms with E-state index in [0.717, 1.165) is 14.5 Å². The molecule has 11 heavy (non-hydrogen) atoms. The van der Waals surface area contributed by atoms with Crippen LogP contribution < -0.4 is 0 Å². The van der Waals surface area contributed by atoms with Crippen LogP contribution in [0.3, 0.4) is 0 Å². The largest absolute Gasteiger partial charge is 0.192 e. The van der Waals surface area contributed by atoms with Gasteiger partial charge in [-0.25, -0.2) is 0 Å². The first-order valence-electron chi connectivity index (χ1n) is 3.01. The average molecular weight is 275 g/mol. The van der Waals surface area contributed by atoms with E-state index in [-0.39, 0.29) is 0 Å². The zero-order chi connectivity index (χ0) is 8.43. The minimum atomic E-state index is 0.694. The van der Waals surface area contributed by atoms with E-state index in [4.69, 9.17) is 5.26 Å². The second-order valence-electron chi connectivity index (χ2n) is 2.17. The third-order valence-electron chi connectivity index (χ3n) is 1.41. The van der Waals surface area contributed by atoms with E-state index in [2.05, 4.69) is 37.9 Å². The van der Waals surface area contributed by atoms with Crippen molar-refractivity contribution in [1.82, 2.24) is 0 Å². The standard InChI is InChI=1S/C8H5Br2N/c1-5-2-3-7(9)8(10)6(5)4-11/h2-3H,1H3. The smallest absolute Gasteiger partial charge is 0.101 e. The Morgan fingerprint density at radius 3 is 2.45 bits per heavy atom. The lowest BCUT2D eigenvalue weighted by molar-refractivity contribution is 1.36. The summed E-state index contributed by atoms with van der Waals surface area (Å²) >= 11 is 6.64. The summed E-state index contributed by atoms with van der Waals surface area (Å²) in [4.78, 5) is 0. The third-order valence-corrected chi connectivity index (χ3v) is 3.43. The Hall–Kier alpha value is -0.330. The molecule has 0 aliphatic carbocycles. The molecular formula is C8H5Br2N. The van der Waals surface area contributed by atoms with Gasteiger partial charge in [0.25, 0.3) is 0 Å². The molecule has 0 saturated carbocycles. The fourth-order valence-corrected chi connectivity index (χ4v) is 1.65. The van der Waals surface area contributed by atoms with Crippen LogP contribution in [0.2, 0.25) is 0 Å². The first kappa shape index (κ1) is 8.76. The minimum Gasteiger partial charge on any atom is -0.192 e. The van der Waals surface area contributed by atoms with Gasteiger partial charge in [0.1, 0.15) is 6.07 Å². The molecule has 0 aliphatic heterocycles. The van der Waals surface area contributed by atoms with Crippen LogP contribution in [0, 0.1) is 18.3 Å². The molecule has 0 aromatic heterocycles. The number of halogens is 2. The highest BCUT2D eigenvalue weighted by molar-refractivity contribution is 9.13. The molecule has 0 amide bonds. The SMILES string of the molecule is Cc1ccc(Br)c(Br)c1C#N. The number of nitriles is 1. The highest BCUT2D eigenvalue weighted by Crippen LogP contribution is 2.28. The molecule has 0 radical (unpaired) electrons. The summed E-state index contributed by atoms with van der Waals surface area (Å²) in [6.45, 7) is 1.91. The van der Waals surface area contributed by atoms with Crippen LogP contribution in [0.15, 0.2) is 21.1 Å². The molecule has 0 bridgehead atoms. The van der Waals surface area contributed by atoms with Crippen molar-refractivity contribution >= 4 is 31.9 Å². The summed E-state index contributed by atoms with van der Waals surface area (Å²) < 4.78 is 1.75. The molecule has 0 atom stereocenters. The van der Waals surface area contributed by atoms with Crippen molar-refractivity contribution in [3.8, 4) is 6.07 Å². The van der Waals surface area contributed by atoms with Gasteiger partial charge in [0.05, 0.1) is 5.56 Å². The summed E-state index contributed by atoms with van der Waals surface area (Å²) in [5.41, 5.74) is 1.68. The molecule has 0 spiro atoms. The zero-order valence-electron chi connectivity index (χ0n) is 5.86. The second kappa shape index (κ2) is 3.38. The van der Waals surface area contributed by atoms with Crippen LogP contribution >= 0.6 is 31.9 Å². The summed E-state index contributed by atoms with van der Waals surface area (Å²) in [5.74, 6) is 0. The summed E-state index contributed by atoms with van der Waals surface area (Å²) in [7, 11) is 0. The molecule has 0 saturated heterocycles. The lowest BCUT2D eigenvalue weighted by atomic mass is 10.1. The van der Waals surface area contributed by atoms with E-state index in [1.54, 1.807) is 0 Å². The van der Waals surface area contributed by atoms with Gasteiger partial charge in [0.15, 0.2) is 0 Å².